The van der Waals surface area contributed by atoms with Gasteiger partial charge in [0.2, 0.25) is 0 Å². The number of nitrogens with zero attached hydrogens (tertiary/aromatic N) is 3. The third-order valence-corrected chi connectivity index (χ3v) is 10.3. The molecule has 0 aliphatic carbocycles. The molecule has 0 saturated carbocycles. The third kappa shape index (κ3) is 2.36. The van der Waals surface area contributed by atoms with Gasteiger partial charge in [-0.3, -0.25) is 14.0 Å². The van der Waals surface area contributed by atoms with Crippen molar-refractivity contribution in [3.63, 3.8) is 0 Å². The van der Waals surface area contributed by atoms with E-state index in [0.717, 1.165) is 0 Å². The first-order valence-electron chi connectivity index (χ1n) is 3.45. The lowest BCUT2D eigenvalue weighted by Gasteiger charge is -2.46. The van der Waals surface area contributed by atoms with Crippen LogP contribution in [-0.2, 0) is 0 Å². The quantitative estimate of drug-likeness (QED) is 0.699. The fraction of sp³-hybridized carbons (Fsp3) is 1.00. The van der Waals surface area contributed by atoms with E-state index >= 15 is 0 Å². The van der Waals surface area contributed by atoms with Gasteiger partial charge in [-0.15, -0.1) is 0 Å². The molecule has 0 unspecified atom stereocenters. The van der Waals surface area contributed by atoms with Gasteiger partial charge >= 0.3 is 0 Å². The van der Waals surface area contributed by atoms with E-state index in [9.17, 15) is 0 Å². The largest absolute Gasteiger partial charge is 0.261 e. The number of rotatable bonds is 3. The van der Waals surface area contributed by atoms with Crippen molar-refractivity contribution in [2.24, 2.45) is 0 Å². The summed E-state index contributed by atoms with van der Waals surface area (Å²) < 4.78 is 6.65. The summed E-state index contributed by atoms with van der Waals surface area (Å²) in [5.74, 6) is 0. The zero-order valence-corrected chi connectivity index (χ0v) is 10.6. The molecule has 0 saturated heterocycles. The smallest absolute Gasteiger partial charge is 0.123 e. The molecule has 0 atom stereocenters. The summed E-state index contributed by atoms with van der Waals surface area (Å²) >= 11 is 3.77. The highest BCUT2D eigenvalue weighted by Gasteiger charge is 2.31. The average molecular weight is 243 g/mol. The molecule has 0 fully saturated rings. The highest BCUT2D eigenvalue weighted by Crippen LogP contribution is 2.70. The van der Waals surface area contributed by atoms with Crippen LogP contribution >= 0.6 is 21.9 Å². The van der Waals surface area contributed by atoms with Gasteiger partial charge in [0.05, 0.1) is 0 Å². The van der Waals surface area contributed by atoms with Crippen LogP contribution in [0.15, 0.2) is 0 Å². The van der Waals surface area contributed by atoms with E-state index in [4.69, 9.17) is 0 Å². The Balaban J connectivity index is 4.53. The molecule has 0 N–H and O–H groups in total. The lowest BCUT2D eigenvalue weighted by Crippen LogP contribution is -2.31. The van der Waals surface area contributed by atoms with Crippen molar-refractivity contribution in [1.82, 2.24) is 14.0 Å². The minimum atomic E-state index is -1.37. The highest BCUT2D eigenvalue weighted by atomic mass is 79.9. The van der Waals surface area contributed by atoms with Crippen LogP contribution in [0.1, 0.15) is 0 Å². The summed E-state index contributed by atoms with van der Waals surface area (Å²) in [4.78, 5) is 0. The zero-order valence-electron chi connectivity index (χ0n) is 8.17. The number of hydrogen-bond donors (Lipinski definition) is 0. The molecule has 1 radical (unpaired) electrons. The second kappa shape index (κ2) is 4.15. The number of halogens is 1. The normalized spacial score (nSPS) is 13.6. The van der Waals surface area contributed by atoms with Crippen LogP contribution < -0.4 is 0 Å². The van der Waals surface area contributed by atoms with Gasteiger partial charge < -0.3 is 0 Å². The van der Waals surface area contributed by atoms with E-state index in [-0.39, 0.29) is 0 Å². The molecule has 0 aromatic rings. The zero-order chi connectivity index (χ0) is 9.23. The summed E-state index contributed by atoms with van der Waals surface area (Å²) in [7, 11) is 12.5. The van der Waals surface area contributed by atoms with E-state index < -0.39 is 6.42 Å². The van der Waals surface area contributed by atoms with Crippen LogP contribution in [0.4, 0.5) is 0 Å². The lowest BCUT2D eigenvalue weighted by atomic mass is 11.2. The molecule has 11 heavy (non-hydrogen) atoms. The summed E-state index contributed by atoms with van der Waals surface area (Å²) in [5, 5.41) is 0. The fourth-order valence-corrected chi connectivity index (χ4v) is 3.22. The molecular formula is C6H18BrN3P. The maximum Gasteiger partial charge on any atom is 0.123 e. The average Bonchev–Trinajstić information content (AvgIpc) is 1.84. The molecule has 0 spiro atoms. The molecule has 0 aliphatic heterocycles. The van der Waals surface area contributed by atoms with Crippen molar-refractivity contribution in [3.8, 4) is 0 Å². The molecule has 0 aliphatic rings. The topological polar surface area (TPSA) is 9.72 Å². The second-order valence-corrected chi connectivity index (χ2v) is 9.28. The first-order valence-corrected chi connectivity index (χ1v) is 7.12. The SMILES string of the molecule is CN(C)[P](Br)(N(C)C)N(C)C. The van der Waals surface area contributed by atoms with Crippen molar-refractivity contribution in [2.45, 2.75) is 0 Å². The van der Waals surface area contributed by atoms with Crippen molar-refractivity contribution < 1.29 is 0 Å². The van der Waals surface area contributed by atoms with Gasteiger partial charge in [-0.2, -0.15) is 0 Å². The molecule has 0 aromatic heterocycles. The molecule has 0 heterocycles. The number of hydrogen-bond acceptors (Lipinski definition) is 3. The Kier molecular flexibility index (Phi) is 4.45. The fourth-order valence-electron chi connectivity index (χ4n) is 1.07. The monoisotopic (exact) mass is 242 g/mol. The van der Waals surface area contributed by atoms with Crippen molar-refractivity contribution in [2.75, 3.05) is 42.3 Å². The maximum atomic E-state index is 3.77. The summed E-state index contributed by atoms with van der Waals surface area (Å²) in [6.45, 7) is 0. The standard InChI is InChI=1S/C6H18BrN3P/c1-8(2)11(7,9(3)4)10(5)6/h1-6H3. The summed E-state index contributed by atoms with van der Waals surface area (Å²) in [6, 6.07) is 0. The Labute approximate surface area is 78.6 Å². The molecule has 0 amide bonds. The third-order valence-electron chi connectivity index (χ3n) is 1.53. The van der Waals surface area contributed by atoms with Gasteiger partial charge in [0.15, 0.2) is 0 Å². The van der Waals surface area contributed by atoms with Gasteiger partial charge in [-0.25, -0.2) is 0 Å². The second-order valence-electron chi connectivity index (χ2n) is 3.04. The van der Waals surface area contributed by atoms with Crippen LogP contribution in [0.2, 0.25) is 0 Å². The van der Waals surface area contributed by atoms with Crippen LogP contribution in [0.5, 0.6) is 0 Å². The van der Waals surface area contributed by atoms with Crippen molar-refractivity contribution in [1.29, 1.82) is 0 Å². The van der Waals surface area contributed by atoms with Gasteiger partial charge in [-0.1, -0.05) is 0 Å². The molecule has 0 bridgehead atoms. The van der Waals surface area contributed by atoms with Gasteiger partial charge in [0, 0.05) is 0 Å². The van der Waals surface area contributed by atoms with Crippen LogP contribution in [0.3, 0.4) is 0 Å². The molecule has 0 rings (SSSR count). The molecule has 69 valence electrons. The molecule has 3 nitrogen and oxygen atoms in total. The minimum absolute atomic E-state index is 1.37. The van der Waals surface area contributed by atoms with Crippen LogP contribution in [-0.4, -0.2) is 56.3 Å². The van der Waals surface area contributed by atoms with Crippen molar-refractivity contribution >= 4 is 21.9 Å². The highest BCUT2D eigenvalue weighted by molar-refractivity contribution is 9.41. The maximum absolute atomic E-state index is 3.77. The van der Waals surface area contributed by atoms with E-state index in [1.54, 1.807) is 0 Å². The Bertz CT molecular complexity index is 105. The Morgan fingerprint density at radius 1 is 0.727 bits per heavy atom. The summed E-state index contributed by atoms with van der Waals surface area (Å²) in [5.41, 5.74) is 0. The van der Waals surface area contributed by atoms with E-state index in [0.29, 0.717) is 0 Å². The van der Waals surface area contributed by atoms with Crippen molar-refractivity contribution in [3.05, 3.63) is 0 Å². The predicted octanol–water partition coefficient (Wildman–Crippen LogP) is 1.74. The lowest BCUT2D eigenvalue weighted by molar-refractivity contribution is 0.484. The van der Waals surface area contributed by atoms with Gasteiger partial charge in [-0.05, 0) is 57.8 Å². The van der Waals surface area contributed by atoms with Crippen LogP contribution in [0, 0.1) is 0 Å². The summed E-state index contributed by atoms with van der Waals surface area (Å²) in [6.07, 6.45) is -1.37. The first-order chi connectivity index (χ1) is 4.83. The van der Waals surface area contributed by atoms with Crippen LogP contribution in [0.25, 0.3) is 0 Å². The van der Waals surface area contributed by atoms with E-state index in [2.05, 4.69) is 71.8 Å². The molecule has 0 aromatic carbocycles. The predicted molar refractivity (Wildman–Crippen MR) is 56.9 cm³/mol. The Morgan fingerprint density at radius 2 is 0.909 bits per heavy atom. The minimum Gasteiger partial charge on any atom is -0.261 e. The first kappa shape index (κ1) is 11.8. The van der Waals surface area contributed by atoms with E-state index in [1.165, 1.54) is 0 Å². The van der Waals surface area contributed by atoms with E-state index in [1.807, 2.05) is 0 Å². The Hall–Kier alpha value is 0.790. The molecule has 5 heteroatoms. The molecular weight excluding hydrogens is 225 g/mol. The van der Waals surface area contributed by atoms with Gasteiger partial charge in [0.1, 0.15) is 6.42 Å². The van der Waals surface area contributed by atoms with Gasteiger partial charge in [0.25, 0.3) is 0 Å². The Morgan fingerprint density at radius 3 is 0.909 bits per heavy atom.